The van der Waals surface area contributed by atoms with Gasteiger partial charge in [-0.3, -0.25) is 4.79 Å². The molecule has 0 fully saturated rings. The number of carbonyl (C=O) groups excluding carboxylic acids is 2. The monoisotopic (exact) mass is 267 g/mol. The molecule has 104 valence electrons. The highest BCUT2D eigenvalue weighted by atomic mass is 16.5. The zero-order valence-corrected chi connectivity index (χ0v) is 11.3. The van der Waals surface area contributed by atoms with Crippen molar-refractivity contribution in [3.8, 4) is 0 Å². The van der Waals surface area contributed by atoms with Gasteiger partial charge in [0.1, 0.15) is 0 Å². The summed E-state index contributed by atoms with van der Waals surface area (Å²) in [6.45, 7) is 3.09. The molecule has 0 radical (unpaired) electrons. The van der Waals surface area contributed by atoms with E-state index in [1.165, 1.54) is 20.3 Å². The molecule has 7 heteroatoms. The van der Waals surface area contributed by atoms with Crippen molar-refractivity contribution in [1.82, 2.24) is 10.2 Å². The molecule has 0 saturated carbocycles. The van der Waals surface area contributed by atoms with Gasteiger partial charge in [0.25, 0.3) is 0 Å². The lowest BCUT2D eigenvalue weighted by molar-refractivity contribution is -0.140. The molecule has 7 nitrogen and oxygen atoms in total. The predicted molar refractivity (Wildman–Crippen MR) is 67.9 cm³/mol. The summed E-state index contributed by atoms with van der Waals surface area (Å²) in [5, 5.41) is 7.73. The van der Waals surface area contributed by atoms with Crippen LogP contribution < -0.4 is 4.90 Å². The van der Waals surface area contributed by atoms with Crippen LogP contribution in [0.5, 0.6) is 0 Å². The quantitative estimate of drug-likeness (QED) is 0.700. The number of hydrogen-bond donors (Lipinski definition) is 0. The Morgan fingerprint density at radius 2 is 1.95 bits per heavy atom. The van der Waals surface area contributed by atoms with E-state index in [9.17, 15) is 9.59 Å². The summed E-state index contributed by atoms with van der Waals surface area (Å²) in [6, 6.07) is 3.20. The smallest absolute Gasteiger partial charge is 0.358 e. The van der Waals surface area contributed by atoms with E-state index < -0.39 is 5.97 Å². The molecular formula is C12H17N3O4. The summed E-state index contributed by atoms with van der Waals surface area (Å²) < 4.78 is 9.12. The van der Waals surface area contributed by atoms with Gasteiger partial charge in [-0.2, -0.15) is 0 Å². The van der Waals surface area contributed by atoms with Gasteiger partial charge in [0.05, 0.1) is 20.6 Å². The Hall–Kier alpha value is -2.18. The minimum atomic E-state index is -0.531. The molecule has 19 heavy (non-hydrogen) atoms. The van der Waals surface area contributed by atoms with Crippen molar-refractivity contribution in [2.45, 2.75) is 13.3 Å². The van der Waals surface area contributed by atoms with Crippen LogP contribution in [0.1, 0.15) is 23.8 Å². The first-order chi connectivity index (χ1) is 9.12. The molecule has 0 aliphatic heterocycles. The molecule has 1 heterocycles. The highest BCUT2D eigenvalue weighted by molar-refractivity contribution is 5.87. The van der Waals surface area contributed by atoms with Crippen LogP contribution in [0.3, 0.4) is 0 Å². The van der Waals surface area contributed by atoms with Gasteiger partial charge < -0.3 is 14.4 Å². The fourth-order valence-corrected chi connectivity index (χ4v) is 1.47. The average molecular weight is 267 g/mol. The van der Waals surface area contributed by atoms with Crippen LogP contribution in [0, 0.1) is 0 Å². The summed E-state index contributed by atoms with van der Waals surface area (Å²) >= 11 is 0. The molecule has 1 aromatic heterocycles. The number of rotatable bonds is 6. The van der Waals surface area contributed by atoms with E-state index in [1.807, 2.05) is 11.8 Å². The van der Waals surface area contributed by atoms with Crippen LogP contribution in [-0.2, 0) is 14.3 Å². The van der Waals surface area contributed by atoms with Gasteiger partial charge in [-0.15, -0.1) is 10.2 Å². The van der Waals surface area contributed by atoms with E-state index in [2.05, 4.69) is 19.7 Å². The molecule has 0 bridgehead atoms. The molecule has 1 rings (SSSR count). The van der Waals surface area contributed by atoms with Crippen molar-refractivity contribution >= 4 is 17.8 Å². The van der Waals surface area contributed by atoms with E-state index in [1.54, 1.807) is 6.07 Å². The van der Waals surface area contributed by atoms with E-state index >= 15 is 0 Å². The lowest BCUT2D eigenvalue weighted by atomic mass is 10.3. The van der Waals surface area contributed by atoms with Crippen LogP contribution >= 0.6 is 0 Å². The number of aromatic nitrogens is 2. The molecule has 0 unspecified atom stereocenters. The highest BCUT2D eigenvalue weighted by Crippen LogP contribution is 2.10. The molecule has 0 atom stereocenters. The van der Waals surface area contributed by atoms with Gasteiger partial charge in [0, 0.05) is 13.1 Å². The van der Waals surface area contributed by atoms with Crippen molar-refractivity contribution in [2.75, 3.05) is 32.2 Å². The number of anilines is 1. The fourth-order valence-electron chi connectivity index (χ4n) is 1.47. The number of carbonyl (C=O) groups is 2. The minimum absolute atomic E-state index is 0.148. The van der Waals surface area contributed by atoms with Crippen molar-refractivity contribution < 1.29 is 19.1 Å². The Morgan fingerprint density at radius 1 is 1.21 bits per heavy atom. The summed E-state index contributed by atoms with van der Waals surface area (Å²) in [5.41, 5.74) is 0.148. The maximum atomic E-state index is 11.2. The molecule has 1 aromatic rings. The summed E-state index contributed by atoms with van der Waals surface area (Å²) in [6.07, 6.45) is 0.269. The van der Waals surface area contributed by atoms with Gasteiger partial charge >= 0.3 is 11.9 Å². The molecule has 0 aliphatic carbocycles. The summed E-state index contributed by atoms with van der Waals surface area (Å²) in [5.74, 6) is -0.215. The van der Waals surface area contributed by atoms with Crippen molar-refractivity contribution in [1.29, 1.82) is 0 Å². The summed E-state index contributed by atoms with van der Waals surface area (Å²) in [7, 11) is 2.64. The maximum Gasteiger partial charge on any atom is 0.358 e. The predicted octanol–water partition coefficient (Wildman–Crippen LogP) is 0.653. The van der Waals surface area contributed by atoms with Gasteiger partial charge in [-0.1, -0.05) is 0 Å². The summed E-state index contributed by atoms with van der Waals surface area (Å²) in [4.78, 5) is 24.2. The molecular weight excluding hydrogens is 250 g/mol. The van der Waals surface area contributed by atoms with Crippen LogP contribution in [0.4, 0.5) is 5.82 Å². The molecule has 0 aliphatic rings. The molecule has 0 spiro atoms. The first-order valence-electron chi connectivity index (χ1n) is 5.86. The van der Waals surface area contributed by atoms with E-state index in [0.717, 1.165) is 0 Å². The molecule has 0 amide bonds. The zero-order chi connectivity index (χ0) is 14.3. The second-order valence-corrected chi connectivity index (χ2v) is 3.67. The maximum absolute atomic E-state index is 11.2. The number of nitrogens with zero attached hydrogens (tertiary/aromatic N) is 3. The lowest BCUT2D eigenvalue weighted by Gasteiger charge is -2.20. The molecule has 0 aromatic carbocycles. The van der Waals surface area contributed by atoms with Crippen LogP contribution in [0.25, 0.3) is 0 Å². The van der Waals surface area contributed by atoms with Crippen LogP contribution in [0.15, 0.2) is 12.1 Å². The number of methoxy groups -OCH3 is 2. The fraction of sp³-hybridized carbons (Fsp3) is 0.500. The highest BCUT2D eigenvalue weighted by Gasteiger charge is 2.12. The molecule has 0 N–H and O–H groups in total. The Morgan fingerprint density at radius 3 is 2.42 bits per heavy atom. The Kier molecular flexibility index (Phi) is 5.72. The Labute approximate surface area is 111 Å². The van der Waals surface area contributed by atoms with Crippen LogP contribution in [0.2, 0.25) is 0 Å². The second-order valence-electron chi connectivity index (χ2n) is 3.67. The van der Waals surface area contributed by atoms with Crippen molar-refractivity contribution in [3.63, 3.8) is 0 Å². The van der Waals surface area contributed by atoms with E-state index in [-0.39, 0.29) is 18.1 Å². The largest absolute Gasteiger partial charge is 0.469 e. The topological polar surface area (TPSA) is 81.6 Å². The van der Waals surface area contributed by atoms with Gasteiger partial charge in [-0.05, 0) is 19.1 Å². The van der Waals surface area contributed by atoms with Crippen molar-refractivity contribution in [3.05, 3.63) is 17.8 Å². The third kappa shape index (κ3) is 4.20. The number of esters is 2. The SMILES string of the molecule is CCN(CCC(=O)OC)c1ccc(C(=O)OC)nn1. The zero-order valence-electron chi connectivity index (χ0n) is 11.3. The van der Waals surface area contributed by atoms with Crippen LogP contribution in [-0.4, -0.2) is 49.4 Å². The second kappa shape index (κ2) is 7.30. The van der Waals surface area contributed by atoms with E-state index in [4.69, 9.17) is 0 Å². The average Bonchev–Trinajstić information content (AvgIpc) is 2.47. The Balaban J connectivity index is 2.71. The number of hydrogen-bond acceptors (Lipinski definition) is 7. The minimum Gasteiger partial charge on any atom is -0.469 e. The normalized spacial score (nSPS) is 9.84. The third-order valence-corrected chi connectivity index (χ3v) is 2.56. The van der Waals surface area contributed by atoms with Gasteiger partial charge in [-0.25, -0.2) is 4.79 Å². The van der Waals surface area contributed by atoms with Crippen molar-refractivity contribution in [2.24, 2.45) is 0 Å². The first kappa shape index (κ1) is 14.9. The third-order valence-electron chi connectivity index (χ3n) is 2.56. The first-order valence-corrected chi connectivity index (χ1v) is 5.86. The number of ether oxygens (including phenoxy) is 2. The van der Waals surface area contributed by atoms with Gasteiger partial charge in [0.15, 0.2) is 11.5 Å². The van der Waals surface area contributed by atoms with Gasteiger partial charge in [0.2, 0.25) is 0 Å². The molecule has 0 saturated heterocycles. The standard InChI is InChI=1S/C12H17N3O4/c1-4-15(8-7-11(16)18-2)10-6-5-9(13-14-10)12(17)19-3/h5-6H,4,7-8H2,1-3H3. The lowest BCUT2D eigenvalue weighted by Crippen LogP contribution is -2.27. The Bertz CT molecular complexity index is 433. The van der Waals surface area contributed by atoms with E-state index in [0.29, 0.717) is 18.9 Å².